The largest absolute Gasteiger partial charge is 0.382 e. The van der Waals surface area contributed by atoms with Crippen molar-refractivity contribution in [2.75, 3.05) is 18.9 Å². The third-order valence-electron chi connectivity index (χ3n) is 4.38. The number of nitrogen functional groups attached to an aromatic ring is 1. The maximum Gasteiger partial charge on any atom is 0.251 e. The monoisotopic (exact) mass is 340 g/mol. The van der Waals surface area contributed by atoms with Crippen molar-refractivity contribution >= 4 is 11.7 Å². The van der Waals surface area contributed by atoms with Crippen LogP contribution >= 0.6 is 0 Å². The van der Waals surface area contributed by atoms with Crippen LogP contribution in [0, 0.1) is 0 Å². The first-order valence-electron chi connectivity index (χ1n) is 8.80. The molecule has 132 valence electrons. The van der Waals surface area contributed by atoms with Gasteiger partial charge in [0, 0.05) is 24.3 Å². The summed E-state index contributed by atoms with van der Waals surface area (Å²) in [6.07, 6.45) is 9.08. The highest BCUT2D eigenvalue weighted by Crippen LogP contribution is 2.18. The summed E-state index contributed by atoms with van der Waals surface area (Å²) in [5.74, 6) is 0.339. The van der Waals surface area contributed by atoms with E-state index in [1.165, 1.54) is 19.0 Å². The van der Waals surface area contributed by atoms with E-state index in [-0.39, 0.29) is 5.91 Å². The van der Waals surface area contributed by atoms with Gasteiger partial charge in [-0.2, -0.15) is 0 Å². The third-order valence-corrected chi connectivity index (χ3v) is 4.38. The molecule has 1 aliphatic rings. The smallest absolute Gasteiger partial charge is 0.251 e. The number of amides is 1. The topological polar surface area (TPSA) is 90.1 Å². The highest BCUT2D eigenvalue weighted by atomic mass is 16.5. The highest BCUT2D eigenvalue weighted by molar-refractivity contribution is 5.94. The summed E-state index contributed by atoms with van der Waals surface area (Å²) in [5.41, 5.74) is 7.82. The maximum absolute atomic E-state index is 12.2. The Kier molecular flexibility index (Phi) is 5.95. The fourth-order valence-electron chi connectivity index (χ4n) is 2.95. The molecular weight excluding hydrogens is 316 g/mol. The first kappa shape index (κ1) is 17.4. The molecular formula is C19H24N4O2. The second kappa shape index (κ2) is 8.58. The molecule has 1 aromatic carbocycles. The van der Waals surface area contributed by atoms with Crippen molar-refractivity contribution in [3.63, 3.8) is 0 Å². The summed E-state index contributed by atoms with van der Waals surface area (Å²) >= 11 is 0. The van der Waals surface area contributed by atoms with Gasteiger partial charge in [-0.25, -0.2) is 4.98 Å². The van der Waals surface area contributed by atoms with Gasteiger partial charge in [-0.15, -0.1) is 0 Å². The Balaban J connectivity index is 1.43. The van der Waals surface area contributed by atoms with Gasteiger partial charge in [0.1, 0.15) is 5.82 Å². The lowest BCUT2D eigenvalue weighted by atomic mass is 10.1. The molecule has 2 aromatic rings. The van der Waals surface area contributed by atoms with Gasteiger partial charge in [0.05, 0.1) is 24.2 Å². The van der Waals surface area contributed by atoms with E-state index in [4.69, 9.17) is 10.5 Å². The molecule has 3 rings (SSSR count). The lowest BCUT2D eigenvalue weighted by molar-refractivity contribution is 0.0947. The van der Waals surface area contributed by atoms with Gasteiger partial charge in [0.15, 0.2) is 0 Å². The summed E-state index contributed by atoms with van der Waals surface area (Å²) < 4.78 is 5.60. The average Bonchev–Trinajstić information content (AvgIpc) is 3.15. The van der Waals surface area contributed by atoms with Gasteiger partial charge in [0.25, 0.3) is 5.91 Å². The predicted molar refractivity (Wildman–Crippen MR) is 97.0 cm³/mol. The van der Waals surface area contributed by atoms with Gasteiger partial charge < -0.3 is 15.8 Å². The van der Waals surface area contributed by atoms with E-state index in [0.717, 1.165) is 37.1 Å². The van der Waals surface area contributed by atoms with E-state index in [2.05, 4.69) is 15.3 Å². The van der Waals surface area contributed by atoms with Crippen LogP contribution in [0.5, 0.6) is 0 Å². The summed E-state index contributed by atoms with van der Waals surface area (Å²) in [6.45, 7) is 1.59. The molecule has 1 aliphatic heterocycles. The Morgan fingerprint density at radius 2 is 2.04 bits per heavy atom. The van der Waals surface area contributed by atoms with Gasteiger partial charge in [0.2, 0.25) is 0 Å². The van der Waals surface area contributed by atoms with Crippen molar-refractivity contribution in [1.29, 1.82) is 0 Å². The molecule has 25 heavy (non-hydrogen) atoms. The zero-order valence-corrected chi connectivity index (χ0v) is 14.3. The molecule has 0 spiro atoms. The summed E-state index contributed by atoms with van der Waals surface area (Å²) in [4.78, 5) is 20.4. The molecule has 3 N–H and O–H groups in total. The predicted octanol–water partition coefficient (Wildman–Crippen LogP) is 2.80. The van der Waals surface area contributed by atoms with Crippen LogP contribution in [0.2, 0.25) is 0 Å². The number of benzene rings is 1. The van der Waals surface area contributed by atoms with Crippen LogP contribution in [0.4, 0.5) is 5.82 Å². The van der Waals surface area contributed by atoms with E-state index in [1.807, 2.05) is 12.1 Å². The number of nitrogens with two attached hydrogens (primary N) is 1. The molecule has 1 aromatic heterocycles. The van der Waals surface area contributed by atoms with Crippen molar-refractivity contribution in [3.05, 3.63) is 42.2 Å². The number of unbranched alkanes of at least 4 members (excludes halogenated alkanes) is 1. The van der Waals surface area contributed by atoms with Crippen molar-refractivity contribution in [2.45, 2.75) is 38.2 Å². The molecule has 6 heteroatoms. The number of ether oxygens (including phenoxy) is 1. The first-order valence-corrected chi connectivity index (χ1v) is 8.80. The molecule has 1 amide bonds. The minimum absolute atomic E-state index is 0.0490. The van der Waals surface area contributed by atoms with Crippen LogP contribution < -0.4 is 11.1 Å². The zero-order chi connectivity index (χ0) is 17.5. The molecule has 1 atom stereocenters. The number of carbonyl (C=O) groups is 1. The van der Waals surface area contributed by atoms with Crippen LogP contribution in [0.1, 0.15) is 42.5 Å². The van der Waals surface area contributed by atoms with Gasteiger partial charge in [-0.3, -0.25) is 9.78 Å². The lowest BCUT2D eigenvalue weighted by Crippen LogP contribution is -2.24. The Morgan fingerprint density at radius 3 is 2.72 bits per heavy atom. The molecule has 1 saturated heterocycles. The molecule has 1 fully saturated rings. The molecule has 6 nitrogen and oxygen atoms in total. The number of rotatable bonds is 7. The van der Waals surface area contributed by atoms with Crippen LogP contribution in [0.15, 0.2) is 36.7 Å². The van der Waals surface area contributed by atoms with Crippen LogP contribution in [0.25, 0.3) is 11.3 Å². The quantitative estimate of drug-likeness (QED) is 0.757. The molecule has 0 aliphatic carbocycles. The minimum Gasteiger partial charge on any atom is -0.382 e. The van der Waals surface area contributed by atoms with Crippen molar-refractivity contribution in [3.8, 4) is 11.3 Å². The SMILES string of the molecule is Nc1cnc(-c2ccc(C(=O)NCCCC[C@H]3CCCO3)cc2)cn1. The Labute approximate surface area is 147 Å². The number of anilines is 1. The molecule has 0 bridgehead atoms. The summed E-state index contributed by atoms with van der Waals surface area (Å²) in [5, 5.41) is 2.97. The van der Waals surface area contributed by atoms with E-state index in [0.29, 0.717) is 24.0 Å². The third kappa shape index (κ3) is 5.00. The second-order valence-electron chi connectivity index (χ2n) is 6.29. The van der Waals surface area contributed by atoms with Crippen LogP contribution in [0.3, 0.4) is 0 Å². The Bertz CT molecular complexity index is 680. The average molecular weight is 340 g/mol. The van der Waals surface area contributed by atoms with Gasteiger partial charge >= 0.3 is 0 Å². The number of nitrogens with one attached hydrogen (secondary N) is 1. The summed E-state index contributed by atoms with van der Waals surface area (Å²) in [7, 11) is 0. The molecule has 0 radical (unpaired) electrons. The maximum atomic E-state index is 12.2. The normalized spacial score (nSPS) is 16.7. The van der Waals surface area contributed by atoms with Gasteiger partial charge in [-0.05, 0) is 44.2 Å². The van der Waals surface area contributed by atoms with Crippen LogP contribution in [-0.2, 0) is 4.74 Å². The fourth-order valence-corrected chi connectivity index (χ4v) is 2.95. The highest BCUT2D eigenvalue weighted by Gasteiger charge is 2.14. The van der Waals surface area contributed by atoms with Gasteiger partial charge in [-0.1, -0.05) is 12.1 Å². The number of hydrogen-bond donors (Lipinski definition) is 2. The first-order chi connectivity index (χ1) is 12.2. The van der Waals surface area contributed by atoms with Crippen molar-refractivity contribution in [1.82, 2.24) is 15.3 Å². The number of nitrogens with zero attached hydrogens (tertiary/aromatic N) is 2. The lowest BCUT2D eigenvalue weighted by Gasteiger charge is -2.09. The Hall–Kier alpha value is -2.47. The molecule has 0 unspecified atom stereocenters. The Morgan fingerprint density at radius 1 is 1.20 bits per heavy atom. The standard InChI is InChI=1S/C19H24N4O2/c20-18-13-22-17(12-23-18)14-6-8-15(9-7-14)19(24)21-10-2-1-4-16-5-3-11-25-16/h6-9,12-13,16H,1-5,10-11H2,(H2,20,23)(H,21,24)/t16-/m0/s1. The van der Waals surface area contributed by atoms with E-state index >= 15 is 0 Å². The minimum atomic E-state index is -0.0490. The van der Waals surface area contributed by atoms with Crippen LogP contribution in [-0.4, -0.2) is 35.1 Å². The van der Waals surface area contributed by atoms with E-state index in [9.17, 15) is 4.79 Å². The van der Waals surface area contributed by atoms with E-state index < -0.39 is 0 Å². The molecule has 0 saturated carbocycles. The second-order valence-corrected chi connectivity index (χ2v) is 6.29. The number of hydrogen-bond acceptors (Lipinski definition) is 5. The number of aromatic nitrogens is 2. The fraction of sp³-hybridized carbons (Fsp3) is 0.421. The summed E-state index contributed by atoms with van der Waals surface area (Å²) in [6, 6.07) is 7.34. The van der Waals surface area contributed by atoms with E-state index in [1.54, 1.807) is 18.3 Å². The zero-order valence-electron chi connectivity index (χ0n) is 14.3. The molecule has 2 heterocycles. The van der Waals surface area contributed by atoms with Crippen molar-refractivity contribution in [2.24, 2.45) is 0 Å². The number of carbonyl (C=O) groups excluding carboxylic acids is 1. The van der Waals surface area contributed by atoms with Crippen molar-refractivity contribution < 1.29 is 9.53 Å².